The zero-order chi connectivity index (χ0) is 21.2. The number of hydrogen-bond acceptors (Lipinski definition) is 6. The molecule has 0 atom stereocenters. The highest BCUT2D eigenvalue weighted by atomic mass is 35.5. The zero-order valence-corrected chi connectivity index (χ0v) is 16.7. The number of methoxy groups -OCH3 is 1. The van der Waals surface area contributed by atoms with Gasteiger partial charge in [0.1, 0.15) is 6.61 Å². The van der Waals surface area contributed by atoms with Crippen molar-refractivity contribution in [1.82, 2.24) is 10.6 Å². The summed E-state index contributed by atoms with van der Waals surface area (Å²) in [6.45, 7) is 1.77. The van der Waals surface area contributed by atoms with Crippen LogP contribution in [0.5, 0.6) is 11.5 Å². The van der Waals surface area contributed by atoms with Crippen LogP contribution in [0.2, 0.25) is 5.02 Å². The second kappa shape index (κ2) is 10.9. The quantitative estimate of drug-likeness (QED) is 0.636. The molecule has 0 bridgehead atoms. The van der Waals surface area contributed by atoms with Crippen LogP contribution in [0.25, 0.3) is 0 Å². The van der Waals surface area contributed by atoms with Gasteiger partial charge in [0.25, 0.3) is 5.91 Å². The lowest BCUT2D eigenvalue weighted by molar-refractivity contribution is -0.123. The van der Waals surface area contributed by atoms with Crippen molar-refractivity contribution in [2.24, 2.45) is 0 Å². The molecule has 0 unspecified atom stereocenters. The molecular formula is C20H21ClN2O6. The average Bonchev–Trinajstić information content (AvgIpc) is 2.71. The smallest absolute Gasteiger partial charge is 0.338 e. The van der Waals surface area contributed by atoms with Crippen LogP contribution in [0.3, 0.4) is 0 Å². The summed E-state index contributed by atoms with van der Waals surface area (Å²) in [7, 11) is 1.44. The lowest BCUT2D eigenvalue weighted by atomic mass is 10.2. The number of esters is 1. The van der Waals surface area contributed by atoms with Gasteiger partial charge in [-0.2, -0.15) is 0 Å². The van der Waals surface area contributed by atoms with Crippen LogP contribution in [0, 0.1) is 0 Å². The van der Waals surface area contributed by atoms with Crippen molar-refractivity contribution in [3.05, 3.63) is 58.6 Å². The van der Waals surface area contributed by atoms with Crippen molar-refractivity contribution in [3.8, 4) is 11.5 Å². The molecule has 3 amide bonds. The second-order valence-electron chi connectivity index (χ2n) is 5.76. The molecule has 2 N–H and O–H groups in total. The van der Waals surface area contributed by atoms with Gasteiger partial charge in [-0.1, -0.05) is 23.7 Å². The maximum Gasteiger partial charge on any atom is 0.338 e. The van der Waals surface area contributed by atoms with Crippen molar-refractivity contribution in [1.29, 1.82) is 0 Å². The first kappa shape index (κ1) is 22.0. The summed E-state index contributed by atoms with van der Waals surface area (Å²) in [6.07, 6.45) is 0. The van der Waals surface area contributed by atoms with E-state index in [1.807, 2.05) is 17.4 Å². The Bertz CT molecular complexity index is 870. The van der Waals surface area contributed by atoms with E-state index in [-0.39, 0.29) is 12.2 Å². The first-order valence-electron chi connectivity index (χ1n) is 8.73. The Hall–Kier alpha value is -3.26. The van der Waals surface area contributed by atoms with Crippen molar-refractivity contribution >= 4 is 29.5 Å². The molecule has 0 spiro atoms. The molecule has 0 aliphatic carbocycles. The van der Waals surface area contributed by atoms with Gasteiger partial charge in [-0.25, -0.2) is 9.59 Å². The molecule has 0 aromatic heterocycles. The second-order valence-corrected chi connectivity index (χ2v) is 6.20. The van der Waals surface area contributed by atoms with Crippen LogP contribution in [0.1, 0.15) is 22.8 Å². The zero-order valence-electron chi connectivity index (χ0n) is 16.0. The summed E-state index contributed by atoms with van der Waals surface area (Å²) in [6, 6.07) is 11.1. The minimum Gasteiger partial charge on any atom is -0.493 e. The molecule has 2 rings (SSSR count). The third-order valence-corrected chi connectivity index (χ3v) is 3.88. The Morgan fingerprint density at radius 2 is 1.76 bits per heavy atom. The summed E-state index contributed by atoms with van der Waals surface area (Å²) in [5.41, 5.74) is 1.09. The van der Waals surface area contributed by atoms with Gasteiger partial charge in [0.15, 0.2) is 18.1 Å². The van der Waals surface area contributed by atoms with Gasteiger partial charge >= 0.3 is 12.0 Å². The number of amides is 3. The summed E-state index contributed by atoms with van der Waals surface area (Å²) in [5, 5.41) is 5.06. The lowest BCUT2D eigenvalue weighted by Gasteiger charge is -2.12. The number of carbonyl (C=O) groups is 3. The monoisotopic (exact) mass is 420 g/mol. The molecule has 0 radical (unpaired) electrons. The maximum absolute atomic E-state index is 12.1. The van der Waals surface area contributed by atoms with E-state index in [2.05, 4.69) is 5.32 Å². The molecule has 29 heavy (non-hydrogen) atoms. The van der Waals surface area contributed by atoms with Crippen LogP contribution in [-0.2, 0) is 16.1 Å². The van der Waals surface area contributed by atoms with Gasteiger partial charge < -0.3 is 19.5 Å². The Morgan fingerprint density at radius 1 is 1.03 bits per heavy atom. The number of halogens is 1. The van der Waals surface area contributed by atoms with Crippen LogP contribution in [0.15, 0.2) is 42.5 Å². The fourth-order valence-electron chi connectivity index (χ4n) is 2.24. The molecule has 0 aliphatic rings. The van der Waals surface area contributed by atoms with Crippen LogP contribution in [0.4, 0.5) is 4.79 Å². The molecule has 0 saturated carbocycles. The molecule has 2 aromatic carbocycles. The molecule has 9 heteroatoms. The Kier molecular flexibility index (Phi) is 8.29. The molecule has 8 nitrogen and oxygen atoms in total. The first-order chi connectivity index (χ1) is 13.9. The summed E-state index contributed by atoms with van der Waals surface area (Å²) >= 11 is 5.86. The molecule has 0 fully saturated rings. The summed E-state index contributed by atoms with van der Waals surface area (Å²) in [5.74, 6) is -0.703. The first-order valence-corrected chi connectivity index (χ1v) is 9.10. The summed E-state index contributed by atoms with van der Waals surface area (Å²) < 4.78 is 15.9. The Morgan fingerprint density at radius 3 is 2.41 bits per heavy atom. The largest absolute Gasteiger partial charge is 0.493 e. The lowest BCUT2D eigenvalue weighted by Crippen LogP contribution is -2.41. The molecule has 0 aliphatic heterocycles. The van der Waals surface area contributed by atoms with Gasteiger partial charge in [-0.3, -0.25) is 10.1 Å². The van der Waals surface area contributed by atoms with Gasteiger partial charge in [0.05, 0.1) is 12.7 Å². The normalized spacial score (nSPS) is 10.0. The van der Waals surface area contributed by atoms with E-state index >= 15 is 0 Å². The predicted molar refractivity (Wildman–Crippen MR) is 106 cm³/mol. The van der Waals surface area contributed by atoms with Gasteiger partial charge in [0, 0.05) is 11.6 Å². The van der Waals surface area contributed by atoms with E-state index < -0.39 is 24.5 Å². The summed E-state index contributed by atoms with van der Waals surface area (Å²) in [4.78, 5) is 35.0. The number of hydrogen-bond donors (Lipinski definition) is 2. The van der Waals surface area contributed by atoms with Gasteiger partial charge in [-0.15, -0.1) is 0 Å². The molecular weight excluding hydrogens is 400 g/mol. The van der Waals surface area contributed by atoms with E-state index in [1.54, 1.807) is 25.1 Å². The SMILES string of the molecule is CCNC(=O)NC(=O)COC(=O)c1ccc(OCc2ccc(Cl)cc2)c(OC)c1. The van der Waals surface area contributed by atoms with Crippen molar-refractivity contribution in [3.63, 3.8) is 0 Å². The highest BCUT2D eigenvalue weighted by molar-refractivity contribution is 6.30. The minimum absolute atomic E-state index is 0.173. The number of imide groups is 1. The highest BCUT2D eigenvalue weighted by Crippen LogP contribution is 2.29. The number of rotatable bonds is 8. The van der Waals surface area contributed by atoms with E-state index in [9.17, 15) is 14.4 Å². The third kappa shape index (κ3) is 7.00. The third-order valence-electron chi connectivity index (χ3n) is 3.63. The minimum atomic E-state index is -0.737. The van der Waals surface area contributed by atoms with Crippen molar-refractivity contribution in [2.75, 3.05) is 20.3 Å². The van der Waals surface area contributed by atoms with Gasteiger partial charge in [-0.05, 0) is 42.8 Å². The number of nitrogens with one attached hydrogen (secondary N) is 2. The topological polar surface area (TPSA) is 103 Å². The van der Waals surface area contributed by atoms with Gasteiger partial charge in [0.2, 0.25) is 0 Å². The standard InChI is InChI=1S/C20H21ClN2O6/c1-3-22-20(26)23-18(24)12-29-19(25)14-6-9-16(17(10-14)27-2)28-11-13-4-7-15(21)8-5-13/h4-10H,3,11-12H2,1-2H3,(H2,22,23,24,26). The predicted octanol–water partition coefficient (Wildman–Crippen LogP) is 2.93. The van der Waals surface area contributed by atoms with E-state index in [1.165, 1.54) is 19.2 Å². The van der Waals surface area contributed by atoms with E-state index in [0.29, 0.717) is 23.1 Å². The molecule has 2 aromatic rings. The molecule has 0 saturated heterocycles. The Balaban J connectivity index is 1.94. The number of ether oxygens (including phenoxy) is 3. The number of benzene rings is 2. The molecule has 154 valence electrons. The maximum atomic E-state index is 12.1. The van der Waals surface area contributed by atoms with Crippen molar-refractivity contribution in [2.45, 2.75) is 13.5 Å². The fraction of sp³-hybridized carbons (Fsp3) is 0.250. The number of urea groups is 1. The van der Waals surface area contributed by atoms with E-state index in [4.69, 9.17) is 25.8 Å². The van der Waals surface area contributed by atoms with Crippen LogP contribution in [-0.4, -0.2) is 38.2 Å². The van der Waals surface area contributed by atoms with Crippen LogP contribution >= 0.6 is 11.6 Å². The Labute approximate surface area is 173 Å². The van der Waals surface area contributed by atoms with E-state index in [0.717, 1.165) is 5.56 Å². The van der Waals surface area contributed by atoms with Crippen LogP contribution < -0.4 is 20.1 Å². The van der Waals surface area contributed by atoms with Crippen molar-refractivity contribution < 1.29 is 28.6 Å². The molecule has 0 heterocycles. The number of carbonyl (C=O) groups excluding carboxylic acids is 3. The average molecular weight is 421 g/mol. The highest BCUT2D eigenvalue weighted by Gasteiger charge is 2.15. The fourth-order valence-corrected chi connectivity index (χ4v) is 2.36.